The molecule has 5 heteroatoms. The first-order valence-corrected chi connectivity index (χ1v) is 9.26. The van der Waals surface area contributed by atoms with Gasteiger partial charge in [0.2, 0.25) is 0 Å². The van der Waals surface area contributed by atoms with E-state index in [1.807, 2.05) is 24.4 Å². The van der Waals surface area contributed by atoms with Crippen molar-refractivity contribution >= 4 is 12.0 Å². The molecule has 0 aliphatic carbocycles. The lowest BCUT2D eigenvalue weighted by molar-refractivity contribution is -0.223. The zero-order chi connectivity index (χ0) is 19.4. The zero-order valence-corrected chi connectivity index (χ0v) is 16.5. The molecule has 4 nitrogen and oxygen atoms in total. The maximum absolute atomic E-state index is 13.4. The lowest BCUT2D eigenvalue weighted by Crippen LogP contribution is -2.49. The Bertz CT molecular complexity index is 831. The number of hydrogen-bond acceptors (Lipinski definition) is 3. The van der Waals surface area contributed by atoms with Crippen LogP contribution in [0.4, 0.5) is 10.1 Å². The average Bonchev–Trinajstić information content (AvgIpc) is 2.61. The van der Waals surface area contributed by atoms with Gasteiger partial charge in [-0.15, -0.1) is 0 Å². The molecule has 3 rings (SSSR count). The van der Waals surface area contributed by atoms with Gasteiger partial charge in [-0.1, -0.05) is 18.2 Å². The first-order valence-electron chi connectivity index (χ1n) is 9.26. The summed E-state index contributed by atoms with van der Waals surface area (Å²) in [6, 6.07) is 10.8. The van der Waals surface area contributed by atoms with Crippen LogP contribution in [0, 0.1) is 19.7 Å². The number of ether oxygens (including phenoxy) is 2. The van der Waals surface area contributed by atoms with Crippen LogP contribution in [0.5, 0.6) is 0 Å². The third kappa shape index (κ3) is 4.37. The maximum Gasteiger partial charge on any atom is 0.140 e. The van der Waals surface area contributed by atoms with Crippen LogP contribution >= 0.6 is 0 Å². The summed E-state index contributed by atoms with van der Waals surface area (Å²) in [5, 5.41) is 0. The van der Waals surface area contributed by atoms with E-state index in [2.05, 4.69) is 37.9 Å². The Morgan fingerprint density at radius 3 is 2.63 bits per heavy atom. The van der Waals surface area contributed by atoms with Crippen molar-refractivity contribution in [2.45, 2.75) is 33.0 Å². The molecule has 1 fully saturated rings. The maximum atomic E-state index is 13.4. The molecule has 0 N–H and O–H groups in total. The fourth-order valence-electron chi connectivity index (χ4n) is 3.13. The highest BCUT2D eigenvalue weighted by Gasteiger charge is 2.43. The van der Waals surface area contributed by atoms with Crippen molar-refractivity contribution in [2.75, 3.05) is 26.8 Å². The minimum absolute atomic E-state index is 0.249. The summed E-state index contributed by atoms with van der Waals surface area (Å²) in [5.41, 5.74) is 4.62. The van der Waals surface area contributed by atoms with Crippen molar-refractivity contribution in [2.24, 2.45) is 4.99 Å². The molecule has 2 aromatic rings. The Labute approximate surface area is 160 Å². The van der Waals surface area contributed by atoms with Crippen LogP contribution in [0.1, 0.15) is 29.2 Å². The molecule has 0 aromatic heterocycles. The fraction of sp³-hybridized carbons (Fsp3) is 0.409. The van der Waals surface area contributed by atoms with Gasteiger partial charge in [0.25, 0.3) is 0 Å². The minimum atomic E-state index is -0.483. The molecule has 1 heterocycles. The molecule has 1 aliphatic heterocycles. The molecule has 0 amide bonds. The molecule has 2 aromatic carbocycles. The van der Waals surface area contributed by atoms with E-state index in [1.54, 1.807) is 6.07 Å². The molecule has 1 saturated heterocycles. The molecule has 0 bridgehead atoms. The van der Waals surface area contributed by atoms with Gasteiger partial charge >= 0.3 is 0 Å². The Kier molecular flexibility index (Phi) is 5.92. The van der Waals surface area contributed by atoms with Gasteiger partial charge in [0.05, 0.1) is 31.8 Å². The van der Waals surface area contributed by atoms with Crippen molar-refractivity contribution in [3.8, 4) is 0 Å². The van der Waals surface area contributed by atoms with Gasteiger partial charge in [-0.3, -0.25) is 0 Å². The van der Waals surface area contributed by atoms with E-state index in [0.29, 0.717) is 19.8 Å². The monoisotopic (exact) mass is 370 g/mol. The van der Waals surface area contributed by atoms with Crippen molar-refractivity contribution in [1.29, 1.82) is 0 Å². The van der Waals surface area contributed by atoms with Gasteiger partial charge in [-0.05, 0) is 61.2 Å². The molecule has 0 atom stereocenters. The molecular weight excluding hydrogens is 343 g/mol. The second-order valence-electron chi connectivity index (χ2n) is 7.18. The first-order chi connectivity index (χ1) is 12.9. The molecule has 27 heavy (non-hydrogen) atoms. The Balaban J connectivity index is 1.82. The molecule has 0 unspecified atom stereocenters. The van der Waals surface area contributed by atoms with E-state index in [-0.39, 0.29) is 5.82 Å². The van der Waals surface area contributed by atoms with E-state index >= 15 is 0 Å². The SMILES string of the molecule is CCN(C)C=Nc1cc(C)c(C2(OCc3cccc(F)c3)COC2)cc1C. The first kappa shape index (κ1) is 19.5. The van der Waals surface area contributed by atoms with Crippen LogP contribution in [0.15, 0.2) is 41.4 Å². The van der Waals surface area contributed by atoms with E-state index in [9.17, 15) is 4.39 Å². The van der Waals surface area contributed by atoms with Crippen LogP contribution < -0.4 is 0 Å². The Morgan fingerprint density at radius 2 is 2.00 bits per heavy atom. The second kappa shape index (κ2) is 8.19. The Morgan fingerprint density at radius 1 is 1.22 bits per heavy atom. The predicted octanol–water partition coefficient (Wildman–Crippen LogP) is 4.50. The van der Waals surface area contributed by atoms with Crippen LogP contribution in [0.2, 0.25) is 0 Å². The number of rotatable bonds is 7. The van der Waals surface area contributed by atoms with Crippen molar-refractivity contribution in [3.05, 3.63) is 64.5 Å². The predicted molar refractivity (Wildman–Crippen MR) is 106 cm³/mol. The molecule has 144 valence electrons. The zero-order valence-electron chi connectivity index (χ0n) is 16.5. The highest BCUT2D eigenvalue weighted by atomic mass is 19.1. The van der Waals surface area contributed by atoms with Crippen LogP contribution in [-0.4, -0.2) is 38.0 Å². The third-order valence-electron chi connectivity index (χ3n) is 5.00. The number of halogens is 1. The summed E-state index contributed by atoms with van der Waals surface area (Å²) in [4.78, 5) is 6.63. The van der Waals surface area contributed by atoms with Crippen LogP contribution in [0.3, 0.4) is 0 Å². The van der Waals surface area contributed by atoms with Gasteiger partial charge < -0.3 is 14.4 Å². The lowest BCUT2D eigenvalue weighted by Gasteiger charge is -2.42. The molecule has 1 aliphatic rings. The average molecular weight is 370 g/mol. The van der Waals surface area contributed by atoms with Gasteiger partial charge in [0, 0.05) is 13.6 Å². The van der Waals surface area contributed by atoms with Crippen LogP contribution in [-0.2, 0) is 21.7 Å². The summed E-state index contributed by atoms with van der Waals surface area (Å²) in [6.07, 6.45) is 1.85. The summed E-state index contributed by atoms with van der Waals surface area (Å²) >= 11 is 0. The summed E-state index contributed by atoms with van der Waals surface area (Å²) in [5.74, 6) is -0.249. The molecule has 0 saturated carbocycles. The largest absolute Gasteiger partial charge is 0.375 e. The number of aryl methyl sites for hydroxylation is 2. The molecule has 0 spiro atoms. The van der Waals surface area contributed by atoms with E-state index in [0.717, 1.165) is 34.5 Å². The number of nitrogens with zero attached hydrogens (tertiary/aromatic N) is 2. The fourth-order valence-corrected chi connectivity index (χ4v) is 3.13. The highest BCUT2D eigenvalue weighted by molar-refractivity contribution is 5.64. The van der Waals surface area contributed by atoms with E-state index < -0.39 is 5.60 Å². The van der Waals surface area contributed by atoms with Gasteiger partial charge in [-0.2, -0.15) is 0 Å². The number of benzene rings is 2. The second-order valence-corrected chi connectivity index (χ2v) is 7.18. The Hall–Kier alpha value is -2.24. The summed E-state index contributed by atoms with van der Waals surface area (Å²) < 4.78 is 25.2. The minimum Gasteiger partial charge on any atom is -0.375 e. The molecule has 0 radical (unpaired) electrons. The van der Waals surface area contributed by atoms with Gasteiger partial charge in [0.15, 0.2) is 0 Å². The van der Waals surface area contributed by atoms with E-state index in [1.165, 1.54) is 12.1 Å². The van der Waals surface area contributed by atoms with Crippen LogP contribution in [0.25, 0.3) is 0 Å². The smallest absolute Gasteiger partial charge is 0.140 e. The summed E-state index contributed by atoms with van der Waals surface area (Å²) in [6.45, 7) is 8.48. The summed E-state index contributed by atoms with van der Waals surface area (Å²) in [7, 11) is 2.00. The standard InChI is InChI=1S/C22H27FN2O2/c1-5-25(4)15-24-21-10-16(2)20(9-17(21)3)22(13-26-14-22)27-12-18-7-6-8-19(23)11-18/h6-11,15H,5,12-14H2,1-4H3. The van der Waals surface area contributed by atoms with Gasteiger partial charge in [-0.25, -0.2) is 9.38 Å². The lowest BCUT2D eigenvalue weighted by atomic mass is 9.86. The van der Waals surface area contributed by atoms with E-state index in [4.69, 9.17) is 9.47 Å². The van der Waals surface area contributed by atoms with Crippen molar-refractivity contribution < 1.29 is 13.9 Å². The van der Waals surface area contributed by atoms with Crippen molar-refractivity contribution in [1.82, 2.24) is 4.90 Å². The van der Waals surface area contributed by atoms with Crippen molar-refractivity contribution in [3.63, 3.8) is 0 Å². The quantitative estimate of drug-likeness (QED) is 0.532. The topological polar surface area (TPSA) is 34.1 Å². The normalized spacial score (nSPS) is 15.7. The number of aliphatic imine (C=N–C) groups is 1. The molecular formula is C22H27FN2O2. The number of hydrogen-bond donors (Lipinski definition) is 0. The third-order valence-corrected chi connectivity index (χ3v) is 5.00. The highest BCUT2D eigenvalue weighted by Crippen LogP contribution is 2.39. The van der Waals surface area contributed by atoms with Gasteiger partial charge in [0.1, 0.15) is 11.4 Å².